The van der Waals surface area contributed by atoms with Crippen molar-refractivity contribution in [2.45, 2.75) is 46.5 Å². The van der Waals surface area contributed by atoms with E-state index in [2.05, 4.69) is 79.3 Å². The smallest absolute Gasteiger partial charge is 0.0957 e. The van der Waals surface area contributed by atoms with Crippen LogP contribution in [0.25, 0.3) is 28.1 Å². The Morgan fingerprint density at radius 2 is 1.66 bits per heavy atom. The number of aromatic nitrogens is 4. The largest absolute Gasteiger partial charge is 0.371 e. The SMILES string of the molecule is Cc1nc2cc[c-]c(-c3nccn3-c3c(C(C)C)cccc3C(C)C)c2n1C.[Ir]. The first-order chi connectivity index (χ1) is 13.4. The van der Waals surface area contributed by atoms with Crippen molar-refractivity contribution in [3.63, 3.8) is 0 Å². The van der Waals surface area contributed by atoms with Crippen LogP contribution in [0.1, 0.15) is 56.5 Å². The van der Waals surface area contributed by atoms with E-state index in [1.807, 2.05) is 25.3 Å². The Labute approximate surface area is 186 Å². The van der Waals surface area contributed by atoms with Gasteiger partial charge < -0.3 is 9.13 Å². The predicted molar refractivity (Wildman–Crippen MR) is 115 cm³/mol. The van der Waals surface area contributed by atoms with Gasteiger partial charge in [0.05, 0.1) is 11.6 Å². The van der Waals surface area contributed by atoms with Crippen molar-refractivity contribution >= 4 is 11.0 Å². The summed E-state index contributed by atoms with van der Waals surface area (Å²) in [6.45, 7) is 11.0. The number of rotatable bonds is 4. The summed E-state index contributed by atoms with van der Waals surface area (Å²) in [5, 5.41) is 0. The zero-order valence-corrected chi connectivity index (χ0v) is 20.2. The van der Waals surface area contributed by atoms with Gasteiger partial charge in [0.1, 0.15) is 0 Å². The number of hydrogen-bond donors (Lipinski definition) is 0. The van der Waals surface area contributed by atoms with E-state index in [4.69, 9.17) is 4.98 Å². The number of nitrogens with zero attached hydrogens (tertiary/aromatic N) is 4. The summed E-state index contributed by atoms with van der Waals surface area (Å²) >= 11 is 0. The van der Waals surface area contributed by atoms with Gasteiger partial charge in [-0.15, -0.1) is 18.2 Å². The summed E-state index contributed by atoms with van der Waals surface area (Å²) in [5.41, 5.74) is 6.94. The van der Waals surface area contributed by atoms with Gasteiger partial charge >= 0.3 is 0 Å². The van der Waals surface area contributed by atoms with Crippen molar-refractivity contribution in [3.8, 4) is 17.1 Å². The van der Waals surface area contributed by atoms with Crippen LogP contribution in [0.2, 0.25) is 0 Å². The van der Waals surface area contributed by atoms with E-state index in [1.165, 1.54) is 16.8 Å². The van der Waals surface area contributed by atoms with Gasteiger partial charge in [-0.05, 0) is 35.4 Å². The third kappa shape index (κ3) is 3.58. The minimum atomic E-state index is 0. The molecule has 5 heteroatoms. The second-order valence-electron chi connectivity index (χ2n) is 8.02. The first-order valence-corrected chi connectivity index (χ1v) is 9.90. The fraction of sp³-hybridized carbons (Fsp3) is 0.333. The second kappa shape index (κ2) is 8.25. The van der Waals surface area contributed by atoms with Gasteiger partial charge in [0.2, 0.25) is 0 Å². The molecule has 153 valence electrons. The molecule has 1 radical (unpaired) electrons. The quantitative estimate of drug-likeness (QED) is 0.295. The summed E-state index contributed by atoms with van der Waals surface area (Å²) in [6, 6.07) is 14.0. The molecule has 0 saturated carbocycles. The number of fused-ring (bicyclic) bond motifs is 1. The molecule has 0 fully saturated rings. The average Bonchev–Trinajstić information content (AvgIpc) is 3.26. The molecule has 0 atom stereocenters. The first kappa shape index (κ1) is 21.5. The molecule has 2 aromatic heterocycles. The summed E-state index contributed by atoms with van der Waals surface area (Å²) in [5.74, 6) is 2.73. The molecule has 0 aliphatic rings. The van der Waals surface area contributed by atoms with E-state index in [1.54, 1.807) is 0 Å². The Morgan fingerprint density at radius 1 is 1.00 bits per heavy atom. The van der Waals surface area contributed by atoms with Crippen LogP contribution in [0.15, 0.2) is 42.7 Å². The number of para-hydroxylation sites is 1. The minimum absolute atomic E-state index is 0. The van der Waals surface area contributed by atoms with Gasteiger partial charge in [-0.3, -0.25) is 9.97 Å². The van der Waals surface area contributed by atoms with Crippen molar-refractivity contribution in [2.75, 3.05) is 0 Å². The zero-order valence-electron chi connectivity index (χ0n) is 17.8. The fourth-order valence-corrected chi connectivity index (χ4v) is 3.95. The maximum Gasteiger partial charge on any atom is 0.0957 e. The average molecular weight is 564 g/mol. The molecule has 0 amide bonds. The van der Waals surface area contributed by atoms with Gasteiger partial charge in [-0.1, -0.05) is 51.5 Å². The van der Waals surface area contributed by atoms with Crippen molar-refractivity contribution in [3.05, 3.63) is 65.7 Å². The summed E-state index contributed by atoms with van der Waals surface area (Å²) < 4.78 is 4.36. The van der Waals surface area contributed by atoms with E-state index in [-0.39, 0.29) is 20.1 Å². The fourth-order valence-electron chi connectivity index (χ4n) is 3.95. The summed E-state index contributed by atoms with van der Waals surface area (Å²) in [7, 11) is 2.05. The second-order valence-corrected chi connectivity index (χ2v) is 8.02. The van der Waals surface area contributed by atoms with Crippen LogP contribution in [-0.4, -0.2) is 19.1 Å². The van der Waals surface area contributed by atoms with Crippen LogP contribution < -0.4 is 0 Å². The molecule has 0 N–H and O–H groups in total. The number of aryl methyl sites for hydroxylation is 2. The molecule has 0 unspecified atom stereocenters. The zero-order chi connectivity index (χ0) is 20.0. The van der Waals surface area contributed by atoms with Gasteiger partial charge in [-0.25, -0.2) is 0 Å². The Kier molecular flexibility index (Phi) is 6.11. The summed E-state index contributed by atoms with van der Waals surface area (Å²) in [4.78, 5) is 9.44. The van der Waals surface area contributed by atoms with E-state index >= 15 is 0 Å². The van der Waals surface area contributed by atoms with Gasteiger partial charge in [0.25, 0.3) is 0 Å². The van der Waals surface area contributed by atoms with Crippen molar-refractivity contribution in [2.24, 2.45) is 7.05 Å². The third-order valence-electron chi connectivity index (χ3n) is 5.50. The Hall–Kier alpha value is -2.23. The van der Waals surface area contributed by atoms with Crippen LogP contribution in [-0.2, 0) is 27.2 Å². The molecule has 29 heavy (non-hydrogen) atoms. The van der Waals surface area contributed by atoms with Crippen LogP contribution in [0.5, 0.6) is 0 Å². The molecule has 0 bridgehead atoms. The third-order valence-corrected chi connectivity index (χ3v) is 5.50. The number of benzene rings is 2. The molecular formula is C24H27IrN4-. The monoisotopic (exact) mass is 564 g/mol. The van der Waals surface area contributed by atoms with Crippen LogP contribution in [0.4, 0.5) is 0 Å². The van der Waals surface area contributed by atoms with Gasteiger partial charge in [-0.2, -0.15) is 0 Å². The van der Waals surface area contributed by atoms with Crippen molar-refractivity contribution in [1.29, 1.82) is 0 Å². The Bertz CT molecular complexity index is 1120. The molecule has 4 aromatic rings. The predicted octanol–water partition coefficient (Wildman–Crippen LogP) is 5.78. The first-order valence-electron chi connectivity index (χ1n) is 9.90. The van der Waals surface area contributed by atoms with E-state index < -0.39 is 0 Å². The van der Waals surface area contributed by atoms with Crippen molar-refractivity contribution < 1.29 is 20.1 Å². The topological polar surface area (TPSA) is 35.6 Å². The van der Waals surface area contributed by atoms with E-state index in [9.17, 15) is 0 Å². The van der Waals surface area contributed by atoms with E-state index in [0.717, 1.165) is 28.2 Å². The molecule has 4 rings (SSSR count). The number of imidazole rings is 2. The molecule has 4 nitrogen and oxygen atoms in total. The van der Waals surface area contributed by atoms with E-state index in [0.29, 0.717) is 11.8 Å². The maximum atomic E-state index is 4.75. The number of hydrogen-bond acceptors (Lipinski definition) is 2. The van der Waals surface area contributed by atoms with Crippen LogP contribution in [0.3, 0.4) is 0 Å². The molecular weight excluding hydrogens is 537 g/mol. The van der Waals surface area contributed by atoms with Gasteiger partial charge in [0, 0.05) is 50.8 Å². The Morgan fingerprint density at radius 3 is 2.28 bits per heavy atom. The van der Waals surface area contributed by atoms with Crippen LogP contribution >= 0.6 is 0 Å². The standard InChI is InChI=1S/C24H27N4.Ir/c1-15(2)18-9-7-10-19(16(3)4)22(18)28-14-13-25-24(28)20-11-8-12-21-23(20)27(6)17(5)26-21;/h7-10,12-16H,1-6H3;/q-1;. The molecule has 0 aliphatic heterocycles. The molecule has 2 heterocycles. The minimum Gasteiger partial charge on any atom is -0.371 e. The normalized spacial score (nSPS) is 11.4. The molecule has 0 aliphatic carbocycles. The molecule has 0 saturated heterocycles. The summed E-state index contributed by atoms with van der Waals surface area (Å²) in [6.07, 6.45) is 3.95. The Balaban J connectivity index is 0.00000240. The van der Waals surface area contributed by atoms with Crippen molar-refractivity contribution in [1.82, 2.24) is 19.1 Å². The maximum absolute atomic E-state index is 4.75. The van der Waals surface area contributed by atoms with Crippen LogP contribution in [0, 0.1) is 13.0 Å². The molecule has 0 spiro atoms. The molecule has 2 aromatic carbocycles. The van der Waals surface area contributed by atoms with Gasteiger partial charge in [0.15, 0.2) is 0 Å².